The Morgan fingerprint density at radius 1 is 1.04 bits per heavy atom. The zero-order valence-electron chi connectivity index (χ0n) is 25.6. The first-order valence-electron chi connectivity index (χ1n) is 14.9. The number of halogens is 2. The number of sulfonamides is 1. The Morgan fingerprint density at radius 2 is 1.70 bits per heavy atom. The van der Waals surface area contributed by atoms with Crippen molar-refractivity contribution in [3.63, 3.8) is 0 Å². The second kappa shape index (κ2) is 14.1. The molecule has 0 radical (unpaired) electrons. The summed E-state index contributed by atoms with van der Waals surface area (Å²) in [7, 11) is -4.19. The second-order valence-corrected chi connectivity index (χ2v) is 14.2. The molecule has 5 rings (SSSR count). The van der Waals surface area contributed by atoms with E-state index in [2.05, 4.69) is 4.72 Å². The molecule has 3 aromatic carbocycles. The van der Waals surface area contributed by atoms with Crippen molar-refractivity contribution < 1.29 is 27.9 Å². The van der Waals surface area contributed by atoms with E-state index >= 15 is 0 Å². The number of esters is 1. The van der Waals surface area contributed by atoms with Gasteiger partial charge in [0.25, 0.3) is 5.91 Å². The van der Waals surface area contributed by atoms with Crippen LogP contribution in [0, 0.1) is 19.8 Å². The summed E-state index contributed by atoms with van der Waals surface area (Å²) in [6, 6.07) is 17.1. The van der Waals surface area contributed by atoms with Crippen LogP contribution in [0.15, 0.2) is 82.3 Å². The number of hydrogen-bond acceptors (Lipinski definition) is 7. The SMILES string of the molecule is Cc1ccc(S(=O)(=O)N[C@@H](C(=O)OCC(=O)N2N=C3/C(=C/c4ccc(Cl)cc4)CCC[C@H]3[C@@H]2c2ccc(Cl)cc2)[C@@H](C)O)cc1C. The van der Waals surface area contributed by atoms with Gasteiger partial charge in [-0.05, 0) is 110 Å². The highest BCUT2D eigenvalue weighted by Gasteiger charge is 2.44. The Hall–Kier alpha value is -3.54. The van der Waals surface area contributed by atoms with E-state index in [4.69, 9.17) is 33.0 Å². The molecule has 1 aliphatic heterocycles. The van der Waals surface area contributed by atoms with Gasteiger partial charge in [0.15, 0.2) is 6.61 Å². The monoisotopic (exact) mass is 683 g/mol. The molecule has 2 N–H and O–H groups in total. The van der Waals surface area contributed by atoms with Gasteiger partial charge in [0.05, 0.1) is 22.8 Å². The third-order valence-corrected chi connectivity index (χ3v) is 10.3. The number of hydrazone groups is 1. The number of carbonyl (C=O) groups excluding carboxylic acids is 2. The quantitative estimate of drug-likeness (QED) is 0.266. The molecule has 3 aromatic rings. The fourth-order valence-electron chi connectivity index (χ4n) is 5.71. The maximum Gasteiger partial charge on any atom is 0.327 e. The molecule has 0 unspecified atom stereocenters. The van der Waals surface area contributed by atoms with Crippen LogP contribution in [0.1, 0.15) is 54.5 Å². The normalized spacial score (nSPS) is 20.2. The standard InChI is InChI=1S/C34H35Cl2N3O6S/c1-20-7-16-28(17-21(20)2)46(43,44)38-31(22(3)40)34(42)45-19-30(41)39-33(24-10-14-27(36)15-11-24)29-6-4-5-25(32(29)37-39)18-23-8-12-26(35)13-9-23/h7-18,22,29,31,33,38,40H,4-6,19H2,1-3H3/b25-18+/t22-,29-,31-,33+/m1/s1. The number of carbonyl (C=O) groups is 2. The highest BCUT2D eigenvalue weighted by atomic mass is 35.5. The molecule has 46 heavy (non-hydrogen) atoms. The van der Waals surface area contributed by atoms with Gasteiger partial charge >= 0.3 is 5.97 Å². The Bertz CT molecular complexity index is 1790. The van der Waals surface area contributed by atoms with Crippen LogP contribution in [0.3, 0.4) is 0 Å². The maximum atomic E-state index is 13.7. The van der Waals surface area contributed by atoms with Gasteiger partial charge in [-0.25, -0.2) is 13.4 Å². The van der Waals surface area contributed by atoms with E-state index in [1.165, 1.54) is 24.1 Å². The van der Waals surface area contributed by atoms with Crippen molar-refractivity contribution in [2.45, 2.75) is 63.1 Å². The lowest BCUT2D eigenvalue weighted by Gasteiger charge is -2.29. The molecule has 0 spiro atoms. The number of rotatable bonds is 9. The number of amides is 1. The first-order chi connectivity index (χ1) is 21.8. The largest absolute Gasteiger partial charge is 0.454 e. The predicted octanol–water partition coefficient (Wildman–Crippen LogP) is 6.00. The van der Waals surface area contributed by atoms with Gasteiger partial charge in [-0.3, -0.25) is 9.59 Å². The first-order valence-corrected chi connectivity index (χ1v) is 17.1. The fourth-order valence-corrected chi connectivity index (χ4v) is 7.30. The Labute approximate surface area is 278 Å². The van der Waals surface area contributed by atoms with E-state index < -0.39 is 46.7 Å². The lowest BCUT2D eigenvalue weighted by atomic mass is 9.77. The van der Waals surface area contributed by atoms with Crippen LogP contribution in [-0.4, -0.2) is 54.9 Å². The molecule has 12 heteroatoms. The molecule has 0 saturated heterocycles. The minimum Gasteiger partial charge on any atom is -0.454 e. The third-order valence-electron chi connectivity index (χ3n) is 8.32. The van der Waals surface area contributed by atoms with Crippen LogP contribution in [0.5, 0.6) is 0 Å². The Kier molecular flexibility index (Phi) is 10.3. The van der Waals surface area contributed by atoms with Crippen LogP contribution in [0.25, 0.3) is 6.08 Å². The van der Waals surface area contributed by atoms with Crippen LogP contribution in [0.2, 0.25) is 10.0 Å². The van der Waals surface area contributed by atoms with Gasteiger partial charge in [-0.2, -0.15) is 9.82 Å². The van der Waals surface area contributed by atoms with Crippen molar-refractivity contribution in [3.8, 4) is 0 Å². The lowest BCUT2D eigenvalue weighted by molar-refractivity contribution is -0.156. The van der Waals surface area contributed by atoms with E-state index in [1.807, 2.05) is 49.4 Å². The number of aliphatic hydroxyl groups is 1. The van der Waals surface area contributed by atoms with Crippen molar-refractivity contribution in [1.82, 2.24) is 9.73 Å². The van der Waals surface area contributed by atoms with Crippen LogP contribution < -0.4 is 4.72 Å². The van der Waals surface area contributed by atoms with Crippen molar-refractivity contribution in [2.24, 2.45) is 11.0 Å². The molecule has 1 aliphatic carbocycles. The number of nitrogens with zero attached hydrogens (tertiary/aromatic N) is 2. The summed E-state index contributed by atoms with van der Waals surface area (Å²) in [5.74, 6) is -1.79. The number of benzene rings is 3. The second-order valence-electron chi connectivity index (χ2n) is 11.6. The summed E-state index contributed by atoms with van der Waals surface area (Å²) in [4.78, 5) is 26.7. The summed E-state index contributed by atoms with van der Waals surface area (Å²) in [5, 5.41) is 17.6. The number of fused-ring (bicyclic) bond motifs is 1. The summed E-state index contributed by atoms with van der Waals surface area (Å²) in [6.07, 6.45) is 3.06. The maximum absolute atomic E-state index is 13.7. The van der Waals surface area contributed by atoms with Gasteiger partial charge in [-0.15, -0.1) is 0 Å². The summed E-state index contributed by atoms with van der Waals surface area (Å²) < 4.78 is 33.7. The minimum absolute atomic E-state index is 0.0612. The number of aliphatic hydroxyl groups excluding tert-OH is 1. The van der Waals surface area contributed by atoms with Crippen LogP contribution >= 0.6 is 23.2 Å². The van der Waals surface area contributed by atoms with E-state index in [-0.39, 0.29) is 10.8 Å². The topological polar surface area (TPSA) is 125 Å². The molecule has 242 valence electrons. The molecule has 4 atom stereocenters. The predicted molar refractivity (Wildman–Crippen MR) is 178 cm³/mol. The highest BCUT2D eigenvalue weighted by molar-refractivity contribution is 7.89. The molecule has 1 saturated carbocycles. The van der Waals surface area contributed by atoms with Gasteiger partial charge in [-0.1, -0.05) is 53.5 Å². The van der Waals surface area contributed by atoms with E-state index in [9.17, 15) is 23.1 Å². The molecule has 0 bridgehead atoms. The number of aryl methyl sites for hydroxylation is 2. The van der Waals surface area contributed by atoms with E-state index in [1.54, 1.807) is 25.1 Å². The van der Waals surface area contributed by atoms with E-state index in [0.29, 0.717) is 10.0 Å². The molecule has 1 fully saturated rings. The van der Waals surface area contributed by atoms with E-state index in [0.717, 1.165) is 52.8 Å². The molecular formula is C34H35Cl2N3O6S. The third kappa shape index (κ3) is 7.53. The van der Waals surface area contributed by atoms with Gasteiger partial charge in [0.2, 0.25) is 10.0 Å². The molecule has 1 heterocycles. The average molecular weight is 685 g/mol. The number of nitrogens with one attached hydrogen (secondary N) is 1. The van der Waals surface area contributed by atoms with Gasteiger partial charge in [0.1, 0.15) is 6.04 Å². The molecule has 0 aromatic heterocycles. The zero-order valence-corrected chi connectivity index (χ0v) is 27.9. The van der Waals surface area contributed by atoms with Crippen LogP contribution in [-0.2, 0) is 24.3 Å². The summed E-state index contributed by atoms with van der Waals surface area (Å²) >= 11 is 12.2. The first kappa shape index (κ1) is 33.8. The molecule has 1 amide bonds. The molecule has 2 aliphatic rings. The van der Waals surface area contributed by atoms with Crippen LogP contribution in [0.4, 0.5) is 0 Å². The van der Waals surface area contributed by atoms with Crippen molar-refractivity contribution in [2.75, 3.05) is 6.61 Å². The Balaban J connectivity index is 1.37. The van der Waals surface area contributed by atoms with Crippen molar-refractivity contribution in [3.05, 3.63) is 105 Å². The minimum atomic E-state index is -4.19. The molecule has 9 nitrogen and oxygen atoms in total. The number of ether oxygens (including phenoxy) is 1. The summed E-state index contributed by atoms with van der Waals surface area (Å²) in [5.41, 5.74) is 5.21. The number of allylic oxidation sites excluding steroid dienone is 1. The zero-order chi connectivity index (χ0) is 33.2. The molecular weight excluding hydrogens is 649 g/mol. The fraction of sp³-hybridized carbons (Fsp3) is 0.324. The highest BCUT2D eigenvalue weighted by Crippen LogP contribution is 2.44. The lowest BCUT2D eigenvalue weighted by Crippen LogP contribution is -2.49. The smallest absolute Gasteiger partial charge is 0.327 e. The van der Waals surface area contributed by atoms with Crippen molar-refractivity contribution in [1.29, 1.82) is 0 Å². The number of hydrogen-bond donors (Lipinski definition) is 2. The van der Waals surface area contributed by atoms with Gasteiger partial charge < -0.3 is 9.84 Å². The Morgan fingerprint density at radius 3 is 2.33 bits per heavy atom. The van der Waals surface area contributed by atoms with Crippen molar-refractivity contribution >= 4 is 56.9 Å². The van der Waals surface area contributed by atoms with Gasteiger partial charge in [0, 0.05) is 16.0 Å². The summed E-state index contributed by atoms with van der Waals surface area (Å²) in [6.45, 7) is 4.17. The average Bonchev–Trinajstić information content (AvgIpc) is 3.42.